The molecule has 1 fully saturated rings. The van der Waals surface area contributed by atoms with Crippen LogP contribution in [0.4, 0.5) is 4.79 Å². The molecule has 20 heavy (non-hydrogen) atoms. The Bertz CT molecular complexity index is 316. The lowest BCUT2D eigenvalue weighted by molar-refractivity contribution is -0.137. The number of hydrogen-bond acceptors (Lipinski definition) is 3. The fraction of sp³-hybridized carbons (Fsp3) is 0.857. The van der Waals surface area contributed by atoms with E-state index in [0.29, 0.717) is 13.1 Å². The van der Waals surface area contributed by atoms with Crippen LogP contribution in [-0.2, 0) is 4.79 Å². The molecule has 0 bridgehead atoms. The molecule has 0 aromatic rings. The molecule has 1 atom stereocenters. The fourth-order valence-electron chi connectivity index (χ4n) is 2.68. The zero-order valence-corrected chi connectivity index (χ0v) is 12.2. The molecule has 1 unspecified atom stereocenters. The molecule has 116 valence electrons. The Kier molecular flexibility index (Phi) is 7.36. The van der Waals surface area contributed by atoms with Crippen molar-refractivity contribution < 1.29 is 19.8 Å². The number of carboxylic acid groups (broad SMARTS) is 1. The predicted molar refractivity (Wildman–Crippen MR) is 75.5 cm³/mol. The van der Waals surface area contributed by atoms with E-state index in [4.69, 9.17) is 10.2 Å². The highest BCUT2D eigenvalue weighted by Gasteiger charge is 2.25. The number of nitrogens with one attached hydrogen (secondary N) is 1. The first kappa shape index (κ1) is 16.8. The molecular weight excluding hydrogens is 260 g/mol. The van der Waals surface area contributed by atoms with Gasteiger partial charge in [0.15, 0.2) is 0 Å². The van der Waals surface area contributed by atoms with E-state index in [2.05, 4.69) is 5.32 Å². The Balaban J connectivity index is 2.44. The monoisotopic (exact) mass is 286 g/mol. The zero-order chi connectivity index (χ0) is 15.0. The number of nitrogens with zero attached hydrogens (tertiary/aromatic N) is 1. The van der Waals surface area contributed by atoms with Crippen LogP contribution in [-0.4, -0.2) is 52.9 Å². The third kappa shape index (κ3) is 5.77. The number of aliphatic carboxylic acids is 1. The summed E-state index contributed by atoms with van der Waals surface area (Å²) in [5.74, 6) is -0.954. The number of urea groups is 1. The van der Waals surface area contributed by atoms with Crippen LogP contribution in [0.25, 0.3) is 0 Å². The van der Waals surface area contributed by atoms with Crippen molar-refractivity contribution in [3.63, 3.8) is 0 Å². The van der Waals surface area contributed by atoms with Gasteiger partial charge in [-0.3, -0.25) is 4.79 Å². The number of aliphatic hydroxyl groups excluding tert-OH is 1. The van der Waals surface area contributed by atoms with Gasteiger partial charge >= 0.3 is 12.0 Å². The lowest BCUT2D eigenvalue weighted by Gasteiger charge is -2.34. The van der Waals surface area contributed by atoms with Crippen LogP contribution in [0.3, 0.4) is 0 Å². The molecule has 3 N–H and O–H groups in total. The molecule has 0 aromatic heterocycles. The van der Waals surface area contributed by atoms with E-state index in [1.807, 2.05) is 0 Å². The molecule has 6 heteroatoms. The fourth-order valence-corrected chi connectivity index (χ4v) is 2.68. The van der Waals surface area contributed by atoms with Crippen molar-refractivity contribution in [3.8, 4) is 0 Å². The molecule has 0 aromatic carbocycles. The normalized spacial score (nSPS) is 17.5. The molecule has 0 heterocycles. The van der Waals surface area contributed by atoms with Crippen LogP contribution in [0, 0.1) is 5.92 Å². The van der Waals surface area contributed by atoms with Crippen molar-refractivity contribution in [3.05, 3.63) is 0 Å². The maximum Gasteiger partial charge on any atom is 0.317 e. The van der Waals surface area contributed by atoms with Crippen molar-refractivity contribution in [2.75, 3.05) is 19.7 Å². The number of carboxylic acids is 1. The summed E-state index contributed by atoms with van der Waals surface area (Å²) < 4.78 is 0. The quantitative estimate of drug-likeness (QED) is 0.660. The smallest absolute Gasteiger partial charge is 0.317 e. The summed E-state index contributed by atoms with van der Waals surface area (Å²) in [6.07, 6.45) is 5.46. The van der Waals surface area contributed by atoms with Crippen LogP contribution in [0.1, 0.15) is 45.4 Å². The van der Waals surface area contributed by atoms with E-state index >= 15 is 0 Å². The molecule has 2 amide bonds. The van der Waals surface area contributed by atoms with Gasteiger partial charge in [-0.15, -0.1) is 0 Å². The Morgan fingerprint density at radius 2 is 1.95 bits per heavy atom. The SMILES string of the molecule is CC(CNC(=O)N(CCO)C1CCCCC1)CC(=O)O. The van der Waals surface area contributed by atoms with E-state index < -0.39 is 5.97 Å². The Labute approximate surface area is 120 Å². The first-order chi connectivity index (χ1) is 9.54. The van der Waals surface area contributed by atoms with Gasteiger partial charge in [-0.25, -0.2) is 4.79 Å². The van der Waals surface area contributed by atoms with Gasteiger partial charge in [0.05, 0.1) is 6.61 Å². The summed E-state index contributed by atoms with van der Waals surface area (Å²) in [4.78, 5) is 24.5. The van der Waals surface area contributed by atoms with Crippen LogP contribution in [0.15, 0.2) is 0 Å². The van der Waals surface area contributed by atoms with Crippen LogP contribution in [0.5, 0.6) is 0 Å². The lowest BCUT2D eigenvalue weighted by Crippen LogP contribution is -2.49. The molecule has 1 rings (SSSR count). The molecule has 6 nitrogen and oxygen atoms in total. The van der Waals surface area contributed by atoms with Gasteiger partial charge in [0.25, 0.3) is 0 Å². The number of rotatable bonds is 7. The minimum Gasteiger partial charge on any atom is -0.481 e. The van der Waals surface area contributed by atoms with E-state index in [1.165, 1.54) is 6.42 Å². The van der Waals surface area contributed by atoms with E-state index in [-0.39, 0.29) is 31.0 Å². The number of aliphatic hydroxyl groups is 1. The summed E-state index contributed by atoms with van der Waals surface area (Å²) in [5, 5.41) is 20.6. The number of hydrogen-bond donors (Lipinski definition) is 3. The van der Waals surface area contributed by atoms with Crippen molar-refractivity contribution >= 4 is 12.0 Å². The molecule has 0 radical (unpaired) electrons. The average Bonchev–Trinajstić information content (AvgIpc) is 2.42. The average molecular weight is 286 g/mol. The van der Waals surface area contributed by atoms with Gasteiger partial charge in [-0.1, -0.05) is 26.2 Å². The van der Waals surface area contributed by atoms with Gasteiger partial charge in [-0.05, 0) is 18.8 Å². The topological polar surface area (TPSA) is 89.9 Å². The second-order valence-electron chi connectivity index (χ2n) is 5.60. The minimum atomic E-state index is -0.855. The van der Waals surface area contributed by atoms with E-state index in [1.54, 1.807) is 11.8 Å². The molecule has 1 aliphatic carbocycles. The van der Waals surface area contributed by atoms with Crippen LogP contribution in [0.2, 0.25) is 0 Å². The minimum absolute atomic E-state index is 0.0453. The van der Waals surface area contributed by atoms with Gasteiger partial charge in [0, 0.05) is 25.6 Å². The molecule has 1 saturated carbocycles. The van der Waals surface area contributed by atoms with Crippen molar-refractivity contribution in [1.82, 2.24) is 10.2 Å². The van der Waals surface area contributed by atoms with Gasteiger partial charge in [-0.2, -0.15) is 0 Å². The lowest BCUT2D eigenvalue weighted by atomic mass is 9.94. The summed E-state index contributed by atoms with van der Waals surface area (Å²) in [6, 6.07) is 0.00821. The maximum absolute atomic E-state index is 12.2. The zero-order valence-electron chi connectivity index (χ0n) is 12.2. The van der Waals surface area contributed by atoms with Crippen LogP contribution >= 0.6 is 0 Å². The van der Waals surface area contributed by atoms with E-state index in [9.17, 15) is 9.59 Å². The molecular formula is C14H26N2O4. The second-order valence-corrected chi connectivity index (χ2v) is 5.60. The van der Waals surface area contributed by atoms with Crippen molar-refractivity contribution in [2.24, 2.45) is 5.92 Å². The Morgan fingerprint density at radius 3 is 2.50 bits per heavy atom. The van der Waals surface area contributed by atoms with Crippen molar-refractivity contribution in [2.45, 2.75) is 51.5 Å². The first-order valence-electron chi connectivity index (χ1n) is 7.41. The Morgan fingerprint density at radius 1 is 1.30 bits per heavy atom. The molecule has 0 aliphatic heterocycles. The maximum atomic E-state index is 12.2. The third-order valence-electron chi connectivity index (χ3n) is 3.74. The third-order valence-corrected chi connectivity index (χ3v) is 3.74. The summed E-state index contributed by atoms with van der Waals surface area (Å²) in [5.41, 5.74) is 0. The van der Waals surface area contributed by atoms with Gasteiger partial charge < -0.3 is 20.4 Å². The van der Waals surface area contributed by atoms with Gasteiger partial charge in [0.2, 0.25) is 0 Å². The molecule has 0 spiro atoms. The van der Waals surface area contributed by atoms with Crippen LogP contribution < -0.4 is 5.32 Å². The highest BCUT2D eigenvalue weighted by atomic mass is 16.4. The summed E-state index contributed by atoms with van der Waals surface area (Å²) >= 11 is 0. The van der Waals surface area contributed by atoms with E-state index in [0.717, 1.165) is 25.7 Å². The highest BCUT2D eigenvalue weighted by Crippen LogP contribution is 2.22. The highest BCUT2D eigenvalue weighted by molar-refractivity contribution is 5.74. The largest absolute Gasteiger partial charge is 0.481 e. The Hall–Kier alpha value is -1.30. The number of carbonyl (C=O) groups is 2. The molecule has 0 saturated heterocycles. The van der Waals surface area contributed by atoms with Gasteiger partial charge in [0.1, 0.15) is 0 Å². The van der Waals surface area contributed by atoms with Crippen molar-refractivity contribution in [1.29, 1.82) is 0 Å². The first-order valence-corrected chi connectivity index (χ1v) is 7.41. The number of amides is 2. The standard InChI is InChI=1S/C14H26N2O4/c1-11(9-13(18)19)10-15-14(20)16(7-8-17)12-5-3-2-4-6-12/h11-12,17H,2-10H2,1H3,(H,15,20)(H,18,19). The summed E-state index contributed by atoms with van der Waals surface area (Å²) in [6.45, 7) is 2.43. The number of carbonyl (C=O) groups excluding carboxylic acids is 1. The summed E-state index contributed by atoms with van der Waals surface area (Å²) in [7, 11) is 0. The second kappa shape index (κ2) is 8.79. The molecule has 1 aliphatic rings. The predicted octanol–water partition coefficient (Wildman–Crippen LogP) is 1.43.